The molecule has 0 aliphatic carbocycles. The normalized spacial score (nSPS) is 10.6. The number of amides is 2. The predicted molar refractivity (Wildman–Crippen MR) is 101 cm³/mol. The second-order valence-electron chi connectivity index (χ2n) is 6.04. The highest BCUT2D eigenvalue weighted by molar-refractivity contribution is 7.14. The maximum atomic E-state index is 12.4. The molecule has 0 atom stereocenters. The molecular formula is C19H19N3O3S. The van der Waals surface area contributed by atoms with Crippen molar-refractivity contribution in [3.05, 3.63) is 58.2 Å². The van der Waals surface area contributed by atoms with E-state index >= 15 is 0 Å². The summed E-state index contributed by atoms with van der Waals surface area (Å²) < 4.78 is 5.67. The van der Waals surface area contributed by atoms with Crippen LogP contribution in [0.1, 0.15) is 34.2 Å². The van der Waals surface area contributed by atoms with Gasteiger partial charge in [-0.3, -0.25) is 14.9 Å². The summed E-state index contributed by atoms with van der Waals surface area (Å²) in [6.45, 7) is 5.70. The molecule has 0 aliphatic heterocycles. The van der Waals surface area contributed by atoms with Gasteiger partial charge in [-0.15, -0.1) is 11.3 Å². The van der Waals surface area contributed by atoms with Crippen molar-refractivity contribution in [3.8, 4) is 11.5 Å². The Hall–Kier alpha value is -2.93. The molecule has 134 valence electrons. The summed E-state index contributed by atoms with van der Waals surface area (Å²) in [7, 11) is 0. The Labute approximate surface area is 155 Å². The van der Waals surface area contributed by atoms with E-state index in [0.29, 0.717) is 34.5 Å². The zero-order chi connectivity index (χ0) is 18.7. The van der Waals surface area contributed by atoms with Gasteiger partial charge < -0.3 is 9.73 Å². The van der Waals surface area contributed by atoms with Gasteiger partial charge in [-0.1, -0.05) is 17.2 Å². The maximum absolute atomic E-state index is 12.4. The Morgan fingerprint density at radius 2 is 1.88 bits per heavy atom. The largest absolute Gasteiger partial charge is 0.458 e. The summed E-state index contributed by atoms with van der Waals surface area (Å²) in [6, 6.07) is 9.29. The number of aryl methyl sites for hydroxylation is 2. The third-order valence-electron chi connectivity index (χ3n) is 3.63. The maximum Gasteiger partial charge on any atom is 0.257 e. The standard InChI is InChI=1S/C19H19N3O3S/c1-11-6-12(2)8-14(7-11)18(24)22-19-21-16(10-26-19)17-5-4-15(25-17)9-20-13(3)23/h4-8,10H,9H2,1-3H3,(H,20,23)(H,21,22,24). The number of furan rings is 1. The third-order valence-corrected chi connectivity index (χ3v) is 4.39. The highest BCUT2D eigenvalue weighted by Gasteiger charge is 2.13. The number of rotatable bonds is 5. The van der Waals surface area contributed by atoms with E-state index in [1.165, 1.54) is 18.3 Å². The van der Waals surface area contributed by atoms with Crippen LogP contribution in [0, 0.1) is 13.8 Å². The monoisotopic (exact) mass is 369 g/mol. The van der Waals surface area contributed by atoms with Crippen LogP contribution >= 0.6 is 11.3 Å². The number of benzene rings is 1. The fourth-order valence-corrected chi connectivity index (χ4v) is 3.24. The van der Waals surface area contributed by atoms with Crippen molar-refractivity contribution in [1.82, 2.24) is 10.3 Å². The smallest absolute Gasteiger partial charge is 0.257 e. The van der Waals surface area contributed by atoms with E-state index < -0.39 is 0 Å². The van der Waals surface area contributed by atoms with Gasteiger partial charge in [0.1, 0.15) is 11.5 Å². The quantitative estimate of drug-likeness (QED) is 0.714. The van der Waals surface area contributed by atoms with Crippen LogP contribution in [0.2, 0.25) is 0 Å². The van der Waals surface area contributed by atoms with Crippen molar-refractivity contribution in [2.24, 2.45) is 0 Å². The van der Waals surface area contributed by atoms with Gasteiger partial charge in [0, 0.05) is 17.9 Å². The summed E-state index contributed by atoms with van der Waals surface area (Å²) in [5, 5.41) is 7.82. The van der Waals surface area contributed by atoms with Crippen LogP contribution in [0.3, 0.4) is 0 Å². The highest BCUT2D eigenvalue weighted by Crippen LogP contribution is 2.27. The number of carbonyl (C=O) groups excluding carboxylic acids is 2. The fourth-order valence-electron chi connectivity index (χ4n) is 2.54. The molecule has 0 bridgehead atoms. The van der Waals surface area contributed by atoms with Gasteiger partial charge in [0.15, 0.2) is 10.9 Å². The van der Waals surface area contributed by atoms with Gasteiger partial charge >= 0.3 is 0 Å². The van der Waals surface area contributed by atoms with E-state index in [1.807, 2.05) is 37.4 Å². The zero-order valence-corrected chi connectivity index (χ0v) is 15.6. The van der Waals surface area contributed by atoms with Crippen LogP contribution in [-0.4, -0.2) is 16.8 Å². The van der Waals surface area contributed by atoms with E-state index in [1.54, 1.807) is 12.1 Å². The molecule has 2 aromatic heterocycles. The first-order valence-electron chi connectivity index (χ1n) is 8.09. The third kappa shape index (κ3) is 4.37. The topological polar surface area (TPSA) is 84.2 Å². The summed E-state index contributed by atoms with van der Waals surface area (Å²) in [4.78, 5) is 27.8. The molecular weight excluding hydrogens is 350 g/mol. The average molecular weight is 369 g/mol. The molecule has 0 unspecified atom stereocenters. The molecule has 0 saturated heterocycles. The van der Waals surface area contributed by atoms with Crippen LogP contribution in [0.5, 0.6) is 0 Å². The number of anilines is 1. The Balaban J connectivity index is 1.70. The summed E-state index contributed by atoms with van der Waals surface area (Å²) in [6.07, 6.45) is 0. The lowest BCUT2D eigenvalue weighted by Crippen LogP contribution is -2.18. The molecule has 2 N–H and O–H groups in total. The highest BCUT2D eigenvalue weighted by atomic mass is 32.1. The Morgan fingerprint density at radius 1 is 1.15 bits per heavy atom. The molecule has 0 saturated carbocycles. The minimum Gasteiger partial charge on any atom is -0.458 e. The Bertz CT molecular complexity index is 938. The van der Waals surface area contributed by atoms with Gasteiger partial charge in [0.05, 0.1) is 6.54 Å². The summed E-state index contributed by atoms with van der Waals surface area (Å²) in [5.74, 6) is 0.925. The second kappa shape index (κ2) is 7.53. The lowest BCUT2D eigenvalue weighted by atomic mass is 10.1. The number of hydrogen-bond donors (Lipinski definition) is 2. The number of carbonyl (C=O) groups is 2. The number of nitrogens with zero attached hydrogens (tertiary/aromatic N) is 1. The van der Waals surface area contributed by atoms with Crippen molar-refractivity contribution in [2.45, 2.75) is 27.3 Å². The van der Waals surface area contributed by atoms with Crippen LogP contribution in [0.25, 0.3) is 11.5 Å². The minimum atomic E-state index is -0.191. The van der Waals surface area contributed by atoms with Gasteiger partial charge in [-0.05, 0) is 38.1 Å². The lowest BCUT2D eigenvalue weighted by molar-refractivity contribution is -0.119. The molecule has 3 rings (SSSR count). The molecule has 0 spiro atoms. The molecule has 0 fully saturated rings. The molecule has 2 heterocycles. The summed E-state index contributed by atoms with van der Waals surface area (Å²) >= 11 is 1.33. The van der Waals surface area contributed by atoms with E-state index in [9.17, 15) is 9.59 Å². The van der Waals surface area contributed by atoms with Gasteiger partial charge in [0.2, 0.25) is 5.91 Å². The molecule has 7 heteroatoms. The number of thiazole rings is 1. The van der Waals surface area contributed by atoms with Crippen molar-refractivity contribution in [3.63, 3.8) is 0 Å². The molecule has 1 aromatic carbocycles. The van der Waals surface area contributed by atoms with Crippen LogP contribution in [-0.2, 0) is 11.3 Å². The van der Waals surface area contributed by atoms with E-state index in [4.69, 9.17) is 4.42 Å². The number of hydrogen-bond acceptors (Lipinski definition) is 5. The Morgan fingerprint density at radius 3 is 2.58 bits per heavy atom. The number of nitrogens with one attached hydrogen (secondary N) is 2. The Kier molecular flexibility index (Phi) is 5.18. The van der Waals surface area contributed by atoms with Gasteiger partial charge in [-0.2, -0.15) is 0 Å². The van der Waals surface area contributed by atoms with Crippen LogP contribution < -0.4 is 10.6 Å². The fraction of sp³-hybridized carbons (Fsp3) is 0.211. The van der Waals surface area contributed by atoms with E-state index in [0.717, 1.165) is 11.1 Å². The first kappa shape index (κ1) is 17.9. The first-order chi connectivity index (χ1) is 12.4. The minimum absolute atomic E-state index is 0.118. The van der Waals surface area contributed by atoms with Gasteiger partial charge in [-0.25, -0.2) is 4.98 Å². The molecule has 6 nitrogen and oxygen atoms in total. The summed E-state index contributed by atoms with van der Waals surface area (Å²) in [5.41, 5.74) is 3.32. The van der Waals surface area contributed by atoms with Gasteiger partial charge in [0.25, 0.3) is 5.91 Å². The van der Waals surface area contributed by atoms with Crippen molar-refractivity contribution in [1.29, 1.82) is 0 Å². The van der Waals surface area contributed by atoms with Crippen molar-refractivity contribution < 1.29 is 14.0 Å². The molecule has 3 aromatic rings. The number of aromatic nitrogens is 1. The van der Waals surface area contributed by atoms with Crippen molar-refractivity contribution in [2.75, 3.05) is 5.32 Å². The molecule has 0 radical (unpaired) electrons. The van der Waals surface area contributed by atoms with Crippen LogP contribution in [0.4, 0.5) is 5.13 Å². The molecule has 26 heavy (non-hydrogen) atoms. The van der Waals surface area contributed by atoms with E-state index in [2.05, 4.69) is 15.6 Å². The predicted octanol–water partition coefficient (Wildman–Crippen LogP) is 3.91. The zero-order valence-electron chi connectivity index (χ0n) is 14.8. The average Bonchev–Trinajstić information content (AvgIpc) is 3.21. The SMILES string of the molecule is CC(=O)NCc1ccc(-c2csc(NC(=O)c3cc(C)cc(C)c3)n2)o1. The second-order valence-corrected chi connectivity index (χ2v) is 6.90. The first-order valence-corrected chi connectivity index (χ1v) is 8.97. The van der Waals surface area contributed by atoms with E-state index in [-0.39, 0.29) is 11.8 Å². The van der Waals surface area contributed by atoms with Crippen LogP contribution in [0.15, 0.2) is 40.1 Å². The molecule has 2 amide bonds. The molecule has 0 aliphatic rings. The lowest BCUT2D eigenvalue weighted by Gasteiger charge is -2.04. The van der Waals surface area contributed by atoms with Crippen molar-refractivity contribution >= 4 is 28.3 Å².